The number of thioether (sulfide) groups is 1. The average Bonchev–Trinajstić information content (AvgIpc) is 3.22. The van der Waals surface area contributed by atoms with E-state index in [2.05, 4.69) is 27.1 Å². The summed E-state index contributed by atoms with van der Waals surface area (Å²) in [7, 11) is 0. The Morgan fingerprint density at radius 3 is 2.70 bits per heavy atom. The van der Waals surface area contributed by atoms with Gasteiger partial charge >= 0.3 is 5.69 Å². The second-order valence-corrected chi connectivity index (χ2v) is 8.63. The summed E-state index contributed by atoms with van der Waals surface area (Å²) in [5, 5.41) is 11.8. The third-order valence-corrected chi connectivity index (χ3v) is 5.58. The Morgan fingerprint density at radius 1 is 1.30 bits per heavy atom. The zero-order valence-electron chi connectivity index (χ0n) is 18.5. The molecule has 0 radical (unpaired) electrons. The van der Waals surface area contributed by atoms with Gasteiger partial charge < -0.3 is 10.6 Å². The van der Waals surface area contributed by atoms with E-state index in [0.29, 0.717) is 11.7 Å². The van der Waals surface area contributed by atoms with Crippen molar-refractivity contribution in [1.29, 1.82) is 0 Å². The molecule has 3 rings (SSSR count). The standard InChI is InChI=1S/C21H26N8O3S/c1-4-10-29-21(24-25-26-29)33-13-16(30)27(11-14(2)3)17-18(22)28(20(32)23-19(17)31)12-15-8-6-5-7-9-15/h4-9,14H,1,10-13,22H2,2-3H3,(H,23,31,32). The molecule has 11 nitrogen and oxygen atoms in total. The van der Waals surface area contributed by atoms with Gasteiger partial charge in [0.25, 0.3) is 5.56 Å². The van der Waals surface area contributed by atoms with Crippen molar-refractivity contribution in [3.8, 4) is 0 Å². The van der Waals surface area contributed by atoms with Crippen molar-refractivity contribution in [2.75, 3.05) is 22.9 Å². The van der Waals surface area contributed by atoms with Gasteiger partial charge in [0.05, 0.1) is 18.8 Å². The van der Waals surface area contributed by atoms with Crippen molar-refractivity contribution in [1.82, 2.24) is 29.8 Å². The number of tetrazole rings is 1. The molecule has 0 spiro atoms. The van der Waals surface area contributed by atoms with E-state index in [1.165, 1.54) is 14.1 Å². The van der Waals surface area contributed by atoms with Crippen molar-refractivity contribution in [2.45, 2.75) is 32.1 Å². The minimum atomic E-state index is -0.711. The summed E-state index contributed by atoms with van der Waals surface area (Å²) in [6, 6.07) is 9.24. The van der Waals surface area contributed by atoms with E-state index in [-0.39, 0.29) is 42.2 Å². The zero-order valence-corrected chi connectivity index (χ0v) is 19.3. The van der Waals surface area contributed by atoms with Gasteiger partial charge in [0.15, 0.2) is 5.69 Å². The molecule has 2 aromatic heterocycles. The molecule has 0 unspecified atom stereocenters. The van der Waals surface area contributed by atoms with Crippen LogP contribution in [-0.2, 0) is 17.9 Å². The Morgan fingerprint density at radius 2 is 2.03 bits per heavy atom. The van der Waals surface area contributed by atoms with Gasteiger partial charge in [-0.1, -0.05) is 62.0 Å². The van der Waals surface area contributed by atoms with Crippen LogP contribution in [0.2, 0.25) is 0 Å². The Kier molecular flexibility index (Phi) is 7.83. The fraction of sp³-hybridized carbons (Fsp3) is 0.333. The lowest BCUT2D eigenvalue weighted by molar-refractivity contribution is -0.116. The zero-order chi connectivity index (χ0) is 24.0. The van der Waals surface area contributed by atoms with Crippen LogP contribution in [0.1, 0.15) is 19.4 Å². The predicted molar refractivity (Wildman–Crippen MR) is 127 cm³/mol. The Hall–Kier alpha value is -3.67. The van der Waals surface area contributed by atoms with E-state index in [4.69, 9.17) is 5.73 Å². The molecule has 2 heterocycles. The van der Waals surface area contributed by atoms with Gasteiger partial charge in [-0.15, -0.1) is 11.7 Å². The van der Waals surface area contributed by atoms with Gasteiger partial charge in [-0.3, -0.25) is 19.1 Å². The molecule has 0 aliphatic carbocycles. The summed E-state index contributed by atoms with van der Waals surface area (Å²) >= 11 is 1.14. The molecule has 33 heavy (non-hydrogen) atoms. The molecule has 0 bridgehead atoms. The molecule has 0 atom stereocenters. The van der Waals surface area contributed by atoms with E-state index in [9.17, 15) is 14.4 Å². The number of rotatable bonds is 10. The number of anilines is 2. The van der Waals surface area contributed by atoms with Crippen LogP contribution in [0.25, 0.3) is 0 Å². The third-order valence-electron chi connectivity index (χ3n) is 4.64. The molecule has 1 amide bonds. The minimum Gasteiger partial charge on any atom is -0.383 e. The molecule has 1 aromatic carbocycles. The van der Waals surface area contributed by atoms with Crippen LogP contribution in [0.15, 0.2) is 57.7 Å². The number of hydrogen-bond acceptors (Lipinski definition) is 8. The number of benzene rings is 1. The molecule has 0 saturated heterocycles. The highest BCUT2D eigenvalue weighted by atomic mass is 32.2. The third kappa shape index (κ3) is 5.77. The Balaban J connectivity index is 1.94. The normalized spacial score (nSPS) is 11.0. The molecule has 3 N–H and O–H groups in total. The number of aromatic nitrogens is 6. The number of allylic oxidation sites excluding steroid dienone is 1. The number of hydrogen-bond donors (Lipinski definition) is 2. The second kappa shape index (κ2) is 10.8. The monoisotopic (exact) mass is 470 g/mol. The van der Waals surface area contributed by atoms with Crippen molar-refractivity contribution in [2.24, 2.45) is 5.92 Å². The van der Waals surface area contributed by atoms with Gasteiger partial charge in [0.2, 0.25) is 11.1 Å². The minimum absolute atomic E-state index is 0.0269. The fourth-order valence-corrected chi connectivity index (χ4v) is 3.95. The van der Waals surface area contributed by atoms with E-state index >= 15 is 0 Å². The number of amides is 1. The summed E-state index contributed by atoms with van der Waals surface area (Å²) in [5.74, 6) is -0.411. The van der Waals surface area contributed by atoms with Gasteiger partial charge in [0.1, 0.15) is 5.82 Å². The lowest BCUT2D eigenvalue weighted by Crippen LogP contribution is -2.43. The van der Waals surface area contributed by atoms with E-state index in [0.717, 1.165) is 17.3 Å². The number of nitrogens with two attached hydrogens (primary N) is 1. The van der Waals surface area contributed by atoms with Crippen LogP contribution in [0.3, 0.4) is 0 Å². The van der Waals surface area contributed by atoms with Crippen molar-refractivity contribution < 1.29 is 4.79 Å². The number of nitrogens with one attached hydrogen (secondary N) is 1. The molecular weight excluding hydrogens is 444 g/mol. The van der Waals surface area contributed by atoms with Gasteiger partial charge in [-0.05, 0) is 21.9 Å². The maximum atomic E-state index is 13.2. The number of aromatic amines is 1. The molecule has 3 aromatic rings. The quantitative estimate of drug-likeness (QED) is 0.331. The number of carbonyl (C=O) groups excluding carboxylic acids is 1. The summed E-state index contributed by atoms with van der Waals surface area (Å²) in [6.45, 7) is 8.29. The molecule has 12 heteroatoms. The summed E-state index contributed by atoms with van der Waals surface area (Å²) < 4.78 is 2.77. The van der Waals surface area contributed by atoms with Gasteiger partial charge in [-0.2, -0.15) is 0 Å². The molecule has 0 saturated carbocycles. The summed E-state index contributed by atoms with van der Waals surface area (Å²) in [6.07, 6.45) is 1.64. The van der Waals surface area contributed by atoms with E-state index < -0.39 is 11.2 Å². The van der Waals surface area contributed by atoms with E-state index in [1.54, 1.807) is 6.08 Å². The predicted octanol–water partition coefficient (Wildman–Crippen LogP) is 1.12. The first kappa shape index (κ1) is 24.0. The fourth-order valence-electron chi connectivity index (χ4n) is 3.19. The lowest BCUT2D eigenvalue weighted by Gasteiger charge is -2.26. The smallest absolute Gasteiger partial charge is 0.330 e. The molecule has 0 aliphatic heterocycles. The topological polar surface area (TPSA) is 145 Å². The van der Waals surface area contributed by atoms with Crippen LogP contribution in [0.5, 0.6) is 0 Å². The summed E-state index contributed by atoms with van der Waals surface area (Å²) in [4.78, 5) is 42.1. The maximum absolute atomic E-state index is 13.2. The number of H-pyrrole nitrogens is 1. The van der Waals surface area contributed by atoms with Crippen molar-refractivity contribution in [3.63, 3.8) is 0 Å². The van der Waals surface area contributed by atoms with Crippen molar-refractivity contribution in [3.05, 3.63) is 69.4 Å². The van der Waals surface area contributed by atoms with E-state index in [1.807, 2.05) is 44.2 Å². The van der Waals surface area contributed by atoms with Crippen LogP contribution >= 0.6 is 11.8 Å². The van der Waals surface area contributed by atoms with Gasteiger partial charge in [-0.25, -0.2) is 9.48 Å². The largest absolute Gasteiger partial charge is 0.383 e. The first-order valence-electron chi connectivity index (χ1n) is 10.3. The molecule has 174 valence electrons. The molecule has 0 fully saturated rings. The van der Waals surface area contributed by atoms with Crippen LogP contribution in [0, 0.1) is 5.92 Å². The van der Waals surface area contributed by atoms with Gasteiger partial charge in [0, 0.05) is 6.54 Å². The highest BCUT2D eigenvalue weighted by Crippen LogP contribution is 2.22. The summed E-state index contributed by atoms with van der Waals surface area (Å²) in [5.41, 5.74) is 5.73. The molecule has 0 aliphatic rings. The molecular formula is C21H26N8O3S. The Labute approximate surface area is 194 Å². The van der Waals surface area contributed by atoms with Crippen LogP contribution in [0.4, 0.5) is 11.5 Å². The Bertz CT molecular complexity index is 1230. The SMILES string of the molecule is C=CCn1nnnc1SCC(=O)N(CC(C)C)c1c(N)n(Cc2ccccc2)c(=O)[nH]c1=O. The van der Waals surface area contributed by atoms with Crippen molar-refractivity contribution >= 4 is 29.2 Å². The number of nitrogen functional groups attached to an aromatic ring is 1. The number of carbonyl (C=O) groups is 1. The number of nitrogens with zero attached hydrogens (tertiary/aromatic N) is 6. The second-order valence-electron chi connectivity index (χ2n) is 7.68. The maximum Gasteiger partial charge on any atom is 0.330 e. The average molecular weight is 471 g/mol. The lowest BCUT2D eigenvalue weighted by atomic mass is 10.2. The first-order chi connectivity index (χ1) is 15.8. The van der Waals surface area contributed by atoms with Crippen LogP contribution in [-0.4, -0.2) is 48.0 Å². The highest BCUT2D eigenvalue weighted by molar-refractivity contribution is 7.99. The first-order valence-corrected chi connectivity index (χ1v) is 11.3. The van der Waals surface area contributed by atoms with Crippen LogP contribution < -0.4 is 21.9 Å². The highest BCUT2D eigenvalue weighted by Gasteiger charge is 2.25.